The fraction of sp³-hybridized carbons (Fsp3) is 0.469. The van der Waals surface area contributed by atoms with Gasteiger partial charge in [-0.3, -0.25) is 14.5 Å². The predicted molar refractivity (Wildman–Crippen MR) is 180 cm³/mol. The Balaban J connectivity index is 1.20. The minimum atomic E-state index is -2.44. The molecule has 5 N–H and O–H groups in total. The van der Waals surface area contributed by atoms with Gasteiger partial charge >= 0.3 is 5.97 Å². The number of piperazine rings is 1. The predicted octanol–water partition coefficient (Wildman–Crippen LogP) is 4.04. The van der Waals surface area contributed by atoms with Gasteiger partial charge in [-0.2, -0.15) is 0 Å². The Morgan fingerprint density at radius 1 is 1.08 bits per heavy atom. The molecule has 0 bridgehead atoms. The van der Waals surface area contributed by atoms with Crippen LogP contribution in [0.2, 0.25) is 0 Å². The van der Waals surface area contributed by atoms with E-state index < -0.39 is 44.9 Å². The number of ether oxygens (including phenoxy) is 2. The van der Waals surface area contributed by atoms with Gasteiger partial charge in [-0.25, -0.2) is 9.18 Å². The van der Waals surface area contributed by atoms with Crippen molar-refractivity contribution in [3.8, 4) is 11.5 Å². The summed E-state index contributed by atoms with van der Waals surface area (Å²) in [5, 5.41) is 8.60. The zero-order chi connectivity index (χ0) is 34.7. The molecule has 2 aliphatic rings. The van der Waals surface area contributed by atoms with Gasteiger partial charge in [0.2, 0.25) is 5.43 Å². The maximum absolute atomic E-state index is 15.8. The van der Waals surface area contributed by atoms with Gasteiger partial charge in [0, 0.05) is 56.4 Å². The van der Waals surface area contributed by atoms with Gasteiger partial charge in [-0.15, -0.1) is 0 Å². The Morgan fingerprint density at radius 2 is 1.77 bits per heavy atom. The number of anilines is 1. The summed E-state index contributed by atoms with van der Waals surface area (Å²) in [5.41, 5.74) is -0.00895. The Labute approximate surface area is 279 Å². The molecule has 1 aliphatic heterocycles. The summed E-state index contributed by atoms with van der Waals surface area (Å²) in [7, 11) is -3.46. The highest BCUT2D eigenvalue weighted by Crippen LogP contribution is 2.51. The van der Waals surface area contributed by atoms with Crippen molar-refractivity contribution in [3.63, 3.8) is 0 Å². The summed E-state index contributed by atoms with van der Waals surface area (Å²) in [6, 6.07) is 7.80. The highest BCUT2D eigenvalue weighted by Gasteiger charge is 2.33. The molecular weight excluding hydrogens is 667 g/mol. The van der Waals surface area contributed by atoms with Gasteiger partial charge in [0.15, 0.2) is 34.1 Å². The first-order chi connectivity index (χ1) is 22.9. The molecule has 16 heteroatoms. The Bertz CT molecular complexity index is 1690. The zero-order valence-corrected chi connectivity index (χ0v) is 28.4. The van der Waals surface area contributed by atoms with Crippen LogP contribution < -0.4 is 19.8 Å². The number of hydrogen-bond donors (Lipinski definition) is 5. The molecule has 1 saturated heterocycles. The molecule has 0 amide bonds. The second-order valence-corrected chi connectivity index (χ2v) is 15.0. The second-order valence-electron chi connectivity index (χ2n) is 12.1. The number of rotatable bonds is 15. The van der Waals surface area contributed by atoms with E-state index in [4.69, 9.17) is 9.47 Å². The number of fused-ring (bicyclic) bond motifs is 1. The van der Waals surface area contributed by atoms with E-state index in [1.54, 1.807) is 28.8 Å². The number of benzene rings is 2. The number of nitrogens with zero attached hydrogens (tertiary/aromatic N) is 3. The number of aromatic carboxylic acids is 1. The van der Waals surface area contributed by atoms with E-state index in [0.29, 0.717) is 49.4 Å². The molecule has 2 fully saturated rings. The molecule has 13 nitrogen and oxygen atoms in total. The Morgan fingerprint density at radius 3 is 2.35 bits per heavy atom. The summed E-state index contributed by atoms with van der Waals surface area (Å²) < 4.78 is 28.9. The number of carbonyl (C=O) groups is 2. The van der Waals surface area contributed by atoms with Crippen LogP contribution >= 0.6 is 16.8 Å². The number of halogens is 1. The van der Waals surface area contributed by atoms with Gasteiger partial charge in [0.1, 0.15) is 17.0 Å². The van der Waals surface area contributed by atoms with Crippen LogP contribution in [-0.2, 0) is 0 Å². The standard InChI is InChI=1S/C32H40FN3O10P2/c1-19-17-35(29-25(33)16-23-28(31(29)45-2)36(21-7-8-21)18-24(30(23)38)32(39)40)14-13-34(19)12-11-26(37)20-5-9-22(10-6-20)46-15-3-4-27(47(41)42)48(43)44/h5-6,9-10,16,18-19,21,27,41-44H,3-4,7-8,11-15,17H2,1-2H3,(H,39,40). The van der Waals surface area contributed by atoms with Crippen molar-refractivity contribution in [1.29, 1.82) is 0 Å². The summed E-state index contributed by atoms with van der Waals surface area (Å²) in [5.74, 6) is -1.33. The number of carboxylic acids is 1. The lowest BCUT2D eigenvalue weighted by Gasteiger charge is -2.41. The maximum atomic E-state index is 15.8. The normalized spacial score (nSPS) is 17.1. The van der Waals surface area contributed by atoms with E-state index in [9.17, 15) is 39.1 Å². The summed E-state index contributed by atoms with van der Waals surface area (Å²) in [6.45, 7) is 4.18. The fourth-order valence-corrected chi connectivity index (χ4v) is 7.73. The molecule has 1 unspecified atom stereocenters. The molecule has 1 saturated carbocycles. The third-order valence-electron chi connectivity index (χ3n) is 8.87. The van der Waals surface area contributed by atoms with E-state index in [1.807, 2.05) is 11.8 Å². The van der Waals surface area contributed by atoms with Gasteiger partial charge in [-0.1, -0.05) is 0 Å². The molecule has 2 aromatic carbocycles. The zero-order valence-electron chi connectivity index (χ0n) is 26.7. The lowest BCUT2D eigenvalue weighted by atomic mass is 10.1. The van der Waals surface area contributed by atoms with Gasteiger partial charge in [0.05, 0.1) is 30.0 Å². The van der Waals surface area contributed by atoms with Crippen LogP contribution in [0.25, 0.3) is 10.9 Å². The largest absolute Gasteiger partial charge is 0.494 e. The number of Topliss-reactive ketones (excluding diaryl/α,β-unsaturated/α-hetero) is 1. The van der Waals surface area contributed by atoms with Crippen LogP contribution in [0.1, 0.15) is 65.8 Å². The number of hydrogen-bond acceptors (Lipinski definition) is 11. The quantitative estimate of drug-likeness (QED) is 0.0870. The lowest BCUT2D eigenvalue weighted by Crippen LogP contribution is -2.52. The third-order valence-corrected chi connectivity index (χ3v) is 11.7. The summed E-state index contributed by atoms with van der Waals surface area (Å²) in [4.78, 5) is 79.0. The first kappa shape index (κ1) is 36.1. The third kappa shape index (κ3) is 7.97. The van der Waals surface area contributed by atoms with Crippen molar-refractivity contribution in [2.24, 2.45) is 0 Å². The van der Waals surface area contributed by atoms with Crippen molar-refractivity contribution < 1.29 is 48.1 Å². The van der Waals surface area contributed by atoms with Crippen molar-refractivity contribution in [3.05, 3.63) is 63.7 Å². The number of pyridine rings is 1. The van der Waals surface area contributed by atoms with Crippen LogP contribution in [0.4, 0.5) is 10.1 Å². The topological polar surface area (TPSA) is 182 Å². The summed E-state index contributed by atoms with van der Waals surface area (Å²) in [6.07, 6.45) is 3.84. The average molecular weight is 708 g/mol. The van der Waals surface area contributed by atoms with E-state index >= 15 is 4.39 Å². The van der Waals surface area contributed by atoms with E-state index in [2.05, 4.69) is 4.90 Å². The number of ketones is 1. The van der Waals surface area contributed by atoms with Crippen molar-refractivity contribution in [2.75, 3.05) is 44.8 Å². The minimum Gasteiger partial charge on any atom is -0.494 e. The SMILES string of the molecule is COc1c(N2CCN(CCC(=O)c3ccc(OCCCC(P(O)O)P(O)O)cc3)C(C)C2)c(F)cc2c(=O)c(C(=O)O)cn(C3CC3)c12. The van der Waals surface area contributed by atoms with Crippen LogP contribution in [0.3, 0.4) is 0 Å². The van der Waals surface area contributed by atoms with Crippen LogP contribution in [0.15, 0.2) is 41.3 Å². The molecule has 0 spiro atoms. The Kier molecular flexibility index (Phi) is 11.7. The number of carbonyl (C=O) groups excluding carboxylic acids is 1. The monoisotopic (exact) mass is 707 g/mol. The smallest absolute Gasteiger partial charge is 0.341 e. The highest BCUT2D eigenvalue weighted by molar-refractivity contribution is 7.64. The second kappa shape index (κ2) is 15.6. The minimum absolute atomic E-state index is 0.00573. The van der Waals surface area contributed by atoms with Gasteiger partial charge < -0.3 is 43.6 Å². The molecule has 1 atom stereocenters. The van der Waals surface area contributed by atoms with Crippen LogP contribution in [-0.4, -0.2) is 97.2 Å². The summed E-state index contributed by atoms with van der Waals surface area (Å²) >= 11 is 0. The van der Waals surface area contributed by atoms with Crippen molar-refractivity contribution >= 4 is 45.1 Å². The molecular formula is C32H40FN3O10P2. The molecule has 1 aliphatic carbocycles. The van der Waals surface area contributed by atoms with E-state index in [-0.39, 0.29) is 54.1 Å². The molecule has 0 radical (unpaired) electrons. The van der Waals surface area contributed by atoms with E-state index in [1.165, 1.54) is 13.3 Å². The molecule has 48 heavy (non-hydrogen) atoms. The number of methoxy groups -OCH3 is 1. The number of aromatic nitrogens is 1. The van der Waals surface area contributed by atoms with Gasteiger partial charge in [0.25, 0.3) is 0 Å². The molecule has 260 valence electrons. The van der Waals surface area contributed by atoms with E-state index in [0.717, 1.165) is 18.9 Å². The first-order valence-corrected chi connectivity index (χ1v) is 18.3. The van der Waals surface area contributed by atoms with Crippen molar-refractivity contribution in [1.82, 2.24) is 9.47 Å². The highest BCUT2D eigenvalue weighted by atomic mass is 31.2. The molecule has 2 heterocycles. The average Bonchev–Trinajstić information content (AvgIpc) is 3.89. The van der Waals surface area contributed by atoms with Crippen LogP contribution in [0.5, 0.6) is 11.5 Å². The fourth-order valence-electron chi connectivity index (χ4n) is 6.16. The lowest BCUT2D eigenvalue weighted by molar-refractivity contribution is 0.0694. The van der Waals surface area contributed by atoms with Crippen molar-refractivity contribution in [2.45, 2.75) is 56.5 Å². The number of carboxylic acid groups (broad SMARTS) is 1. The van der Waals surface area contributed by atoms with Crippen LogP contribution in [0, 0.1) is 5.82 Å². The first-order valence-electron chi connectivity index (χ1n) is 15.7. The Hall–Kier alpha value is -3.22. The molecule has 5 rings (SSSR count). The van der Waals surface area contributed by atoms with Gasteiger partial charge in [-0.05, 0) is 62.9 Å². The molecule has 3 aromatic rings. The molecule has 1 aromatic heterocycles. The maximum Gasteiger partial charge on any atom is 0.341 e.